The summed E-state index contributed by atoms with van der Waals surface area (Å²) in [6.07, 6.45) is 0. The zero-order valence-corrected chi connectivity index (χ0v) is 38.0. The van der Waals surface area contributed by atoms with E-state index in [1.807, 2.05) is 72.8 Å². The number of para-hydroxylation sites is 2. The number of nitriles is 1. The van der Waals surface area contributed by atoms with Crippen molar-refractivity contribution in [2.45, 2.75) is 0 Å². The Morgan fingerprint density at radius 2 is 0.729 bits per heavy atom. The van der Waals surface area contributed by atoms with Gasteiger partial charge in [0.15, 0.2) is 0 Å². The third-order valence-electron chi connectivity index (χ3n) is 13.4. The van der Waals surface area contributed by atoms with Crippen LogP contribution in [-0.2, 0) is 0 Å². The minimum Gasteiger partial charge on any atom is -0.319 e. The number of rotatable bonds is 10. The maximum atomic E-state index is 11.2. The summed E-state index contributed by atoms with van der Waals surface area (Å²) in [6.45, 7) is 8.79. The van der Waals surface area contributed by atoms with Gasteiger partial charge in [-0.2, -0.15) is 5.26 Å². The zero-order valence-electron chi connectivity index (χ0n) is 38.0. The number of hydrogen-bond donors (Lipinski definition) is 0. The van der Waals surface area contributed by atoms with Crippen molar-refractivity contribution in [3.63, 3.8) is 0 Å². The Labute approximate surface area is 407 Å². The van der Waals surface area contributed by atoms with Crippen LogP contribution in [0.25, 0.3) is 81.7 Å². The van der Waals surface area contributed by atoms with Crippen LogP contribution in [0.15, 0.2) is 255 Å². The van der Waals surface area contributed by atoms with Gasteiger partial charge in [0, 0.05) is 27.7 Å². The Kier molecular flexibility index (Phi) is 10.6. The van der Waals surface area contributed by atoms with Crippen molar-refractivity contribution in [3.05, 3.63) is 272 Å². The van der Waals surface area contributed by atoms with Gasteiger partial charge in [0.1, 0.15) is 6.07 Å². The fourth-order valence-electron chi connectivity index (χ4n) is 10.3. The maximum Gasteiger partial charge on any atom is 0.211 e. The summed E-state index contributed by atoms with van der Waals surface area (Å²) < 4.78 is 0. The van der Waals surface area contributed by atoms with Gasteiger partial charge in [-0.3, -0.25) is 0 Å². The van der Waals surface area contributed by atoms with Crippen LogP contribution in [0.5, 0.6) is 0 Å². The highest BCUT2D eigenvalue weighted by Crippen LogP contribution is 2.53. The van der Waals surface area contributed by atoms with Gasteiger partial charge in [-0.15, -0.1) is 0 Å². The van der Waals surface area contributed by atoms with E-state index in [4.69, 9.17) is 6.57 Å². The largest absolute Gasteiger partial charge is 0.319 e. The van der Waals surface area contributed by atoms with Gasteiger partial charge in [-0.05, 0) is 121 Å². The minimum atomic E-state index is 0.552. The molecule has 0 heterocycles. The summed E-state index contributed by atoms with van der Waals surface area (Å²) in [7, 11) is 0. The van der Waals surface area contributed by atoms with Crippen LogP contribution >= 0.6 is 0 Å². The fraction of sp³-hybridized carbons (Fsp3) is 0. The van der Waals surface area contributed by atoms with Gasteiger partial charge in [0.05, 0.1) is 34.9 Å². The SMILES string of the molecule is [C-]#[N+]c1cc(-c2ccccc2)cc(-c2ccccc2)c1N(c1ccccc1)c1ccc2ccc3c(N(c4ccccc4)c4c(C#N)cc(-c5ccccc5)cc4-c4ccccc4)ccc4ccc1c2c43. The monoisotopic (exact) mass is 890 g/mol. The Balaban J connectivity index is 1.13. The molecule has 4 nitrogen and oxygen atoms in total. The molecule has 0 aliphatic rings. The van der Waals surface area contributed by atoms with Crippen LogP contribution in [0.1, 0.15) is 5.56 Å². The lowest BCUT2D eigenvalue weighted by molar-refractivity contribution is 1.28. The molecule has 0 aliphatic carbocycles. The van der Waals surface area contributed by atoms with Gasteiger partial charge in [0.25, 0.3) is 0 Å². The normalized spacial score (nSPS) is 11.1. The molecule has 0 saturated carbocycles. The van der Waals surface area contributed by atoms with Crippen molar-refractivity contribution in [3.8, 4) is 50.6 Å². The maximum absolute atomic E-state index is 11.2. The molecule has 12 rings (SSSR count). The predicted octanol–water partition coefficient (Wildman–Crippen LogP) is 18.6. The van der Waals surface area contributed by atoms with Gasteiger partial charge < -0.3 is 9.80 Å². The molecule has 0 aromatic heterocycles. The van der Waals surface area contributed by atoms with Gasteiger partial charge >= 0.3 is 0 Å². The third kappa shape index (κ3) is 7.26. The first kappa shape index (κ1) is 41.7. The quantitative estimate of drug-likeness (QED) is 0.101. The summed E-state index contributed by atoms with van der Waals surface area (Å²) in [6, 6.07) is 91.2. The van der Waals surface area contributed by atoms with E-state index in [0.29, 0.717) is 11.3 Å². The van der Waals surface area contributed by atoms with Gasteiger partial charge in [-0.1, -0.05) is 194 Å². The average molecular weight is 891 g/mol. The van der Waals surface area contributed by atoms with E-state index in [1.54, 1.807) is 0 Å². The highest BCUT2D eigenvalue weighted by Gasteiger charge is 2.28. The first-order valence-corrected chi connectivity index (χ1v) is 23.4. The summed E-state index contributed by atoms with van der Waals surface area (Å²) in [5.41, 5.74) is 14.6. The average Bonchev–Trinajstić information content (AvgIpc) is 3.44. The Morgan fingerprint density at radius 1 is 0.357 bits per heavy atom. The molecule has 0 aliphatic heterocycles. The van der Waals surface area contributed by atoms with Crippen LogP contribution in [0.2, 0.25) is 0 Å². The highest BCUT2D eigenvalue weighted by molar-refractivity contribution is 6.28. The summed E-state index contributed by atoms with van der Waals surface area (Å²) >= 11 is 0. The Hall–Kier alpha value is -9.74. The standard InChI is InChI=1S/C66H42N4/c1-68-60-43-52(46-22-10-3-11-23-46)42-59(48-26-14-5-15-27-48)66(60)70(55-30-18-7-19-31-55)62-39-35-50-32-36-56-61(38-34-49-33-37-57(62)64(50)63(49)56)69(54-28-16-6-17-29-54)65-53(44-67)40-51(45-20-8-2-9-21-45)41-58(65)47-24-12-4-13-25-47/h2-43H. The van der Waals surface area contributed by atoms with Crippen molar-refractivity contribution in [2.24, 2.45) is 0 Å². The number of nitrogens with zero attached hydrogens (tertiary/aromatic N) is 4. The van der Waals surface area contributed by atoms with E-state index in [1.165, 1.54) is 0 Å². The van der Waals surface area contributed by atoms with Gasteiger partial charge in [-0.25, -0.2) is 4.85 Å². The van der Waals surface area contributed by atoms with Crippen LogP contribution < -0.4 is 9.80 Å². The molecule has 0 N–H and O–H groups in total. The van der Waals surface area contributed by atoms with Crippen LogP contribution in [0.4, 0.5) is 39.8 Å². The second-order valence-corrected chi connectivity index (χ2v) is 17.4. The smallest absolute Gasteiger partial charge is 0.211 e. The fourth-order valence-corrected chi connectivity index (χ4v) is 10.3. The molecule has 0 atom stereocenters. The summed E-state index contributed by atoms with van der Waals surface area (Å²) in [5.74, 6) is 0. The van der Waals surface area contributed by atoms with Crippen molar-refractivity contribution in [2.75, 3.05) is 9.80 Å². The zero-order chi connectivity index (χ0) is 47.0. The Bertz CT molecular complexity index is 3680. The molecule has 0 unspecified atom stereocenters. The molecule has 70 heavy (non-hydrogen) atoms. The first-order chi connectivity index (χ1) is 34.7. The van der Waals surface area contributed by atoms with Crippen molar-refractivity contribution in [1.82, 2.24) is 0 Å². The third-order valence-corrected chi connectivity index (χ3v) is 13.4. The molecule has 4 heteroatoms. The second-order valence-electron chi connectivity index (χ2n) is 17.4. The molecule has 0 radical (unpaired) electrons. The number of anilines is 6. The van der Waals surface area contributed by atoms with Crippen LogP contribution in [-0.4, -0.2) is 0 Å². The molecule has 326 valence electrons. The summed E-state index contributed by atoms with van der Waals surface area (Å²) in [4.78, 5) is 8.87. The van der Waals surface area contributed by atoms with E-state index in [-0.39, 0.29) is 0 Å². The lowest BCUT2D eigenvalue weighted by Gasteiger charge is -2.32. The number of hydrogen-bond acceptors (Lipinski definition) is 3. The van der Waals surface area contributed by atoms with Gasteiger partial charge in [0.2, 0.25) is 5.69 Å². The lowest BCUT2D eigenvalue weighted by Crippen LogP contribution is -2.14. The van der Waals surface area contributed by atoms with Crippen molar-refractivity contribution >= 4 is 72.1 Å². The molecule has 0 bridgehead atoms. The Morgan fingerprint density at radius 3 is 1.16 bits per heavy atom. The van der Waals surface area contributed by atoms with E-state index in [2.05, 4.69) is 203 Å². The van der Waals surface area contributed by atoms with E-state index >= 15 is 0 Å². The molecular formula is C66H42N4. The molecule has 0 amide bonds. The molecule has 12 aromatic carbocycles. The molecule has 12 aromatic rings. The van der Waals surface area contributed by atoms with E-state index < -0.39 is 0 Å². The molecular weight excluding hydrogens is 849 g/mol. The minimum absolute atomic E-state index is 0.552. The topological polar surface area (TPSA) is 34.6 Å². The van der Waals surface area contributed by atoms with E-state index in [0.717, 1.165) is 111 Å². The van der Waals surface area contributed by atoms with Crippen molar-refractivity contribution < 1.29 is 0 Å². The van der Waals surface area contributed by atoms with E-state index in [9.17, 15) is 5.26 Å². The first-order valence-electron chi connectivity index (χ1n) is 23.4. The second kappa shape index (κ2) is 17.8. The number of benzene rings is 12. The predicted molar refractivity (Wildman–Crippen MR) is 292 cm³/mol. The lowest BCUT2D eigenvalue weighted by atomic mass is 9.90. The molecule has 0 spiro atoms. The van der Waals surface area contributed by atoms with Crippen molar-refractivity contribution in [1.29, 1.82) is 5.26 Å². The highest BCUT2D eigenvalue weighted by atomic mass is 15.2. The molecule has 0 saturated heterocycles. The van der Waals surface area contributed by atoms with Crippen LogP contribution in [0.3, 0.4) is 0 Å². The molecule has 0 fully saturated rings. The summed E-state index contributed by atoms with van der Waals surface area (Å²) in [5, 5.41) is 17.8. The van der Waals surface area contributed by atoms with Crippen LogP contribution in [0, 0.1) is 17.9 Å².